The zero-order valence-corrected chi connectivity index (χ0v) is 17.0. The summed E-state index contributed by atoms with van der Waals surface area (Å²) in [5.41, 5.74) is 2.64. The maximum Gasteiger partial charge on any atom is 0.313 e. The normalized spacial score (nSPS) is 10.8. The minimum Gasteiger partial charge on any atom is -0.435 e. The van der Waals surface area contributed by atoms with Crippen molar-refractivity contribution in [2.45, 2.75) is 6.54 Å². The van der Waals surface area contributed by atoms with Crippen molar-refractivity contribution in [3.63, 3.8) is 0 Å². The maximum absolute atomic E-state index is 12.3. The van der Waals surface area contributed by atoms with Crippen LogP contribution in [0.15, 0.2) is 71.4 Å². The maximum atomic E-state index is 12.3. The third-order valence-corrected chi connectivity index (χ3v) is 4.58. The van der Waals surface area contributed by atoms with E-state index in [1.807, 2.05) is 12.1 Å². The minimum atomic E-state index is -0.830. The molecule has 11 nitrogen and oxygen atoms in total. The van der Waals surface area contributed by atoms with Crippen LogP contribution in [0.4, 0.5) is 5.69 Å². The number of benzene rings is 1. The largest absolute Gasteiger partial charge is 0.435 e. The van der Waals surface area contributed by atoms with Gasteiger partial charge in [-0.1, -0.05) is 12.1 Å². The first-order valence-electron chi connectivity index (χ1n) is 9.89. The second-order valence-corrected chi connectivity index (χ2v) is 6.87. The third-order valence-electron chi connectivity index (χ3n) is 4.58. The van der Waals surface area contributed by atoms with Crippen molar-refractivity contribution >= 4 is 28.6 Å². The molecule has 0 aliphatic rings. The minimum absolute atomic E-state index is 0.000656. The SMILES string of the molecule is O=C(NCc1nc(-c2ccccn2)n[nH]1)C(=O)Nc1ccc2nc(-c3ccccn3)oc2c1. The summed E-state index contributed by atoms with van der Waals surface area (Å²) in [5, 5.41) is 11.8. The van der Waals surface area contributed by atoms with Crippen LogP contribution in [-0.4, -0.2) is 41.9 Å². The van der Waals surface area contributed by atoms with E-state index < -0.39 is 11.8 Å². The molecule has 5 rings (SSSR count). The summed E-state index contributed by atoms with van der Waals surface area (Å²) in [6, 6.07) is 15.7. The predicted octanol–water partition coefficient (Wildman–Crippen LogP) is 2.32. The van der Waals surface area contributed by atoms with E-state index in [4.69, 9.17) is 4.42 Å². The molecule has 5 aromatic rings. The van der Waals surface area contributed by atoms with E-state index in [2.05, 4.69) is 40.8 Å². The van der Waals surface area contributed by atoms with Gasteiger partial charge in [-0.15, -0.1) is 0 Å². The summed E-state index contributed by atoms with van der Waals surface area (Å²) in [5.74, 6) is -0.499. The summed E-state index contributed by atoms with van der Waals surface area (Å²) in [7, 11) is 0. The molecule has 4 heterocycles. The molecule has 0 radical (unpaired) electrons. The van der Waals surface area contributed by atoms with Crippen molar-refractivity contribution in [2.24, 2.45) is 0 Å². The molecule has 0 aliphatic carbocycles. The molecule has 0 saturated carbocycles. The zero-order valence-electron chi connectivity index (χ0n) is 17.0. The van der Waals surface area contributed by atoms with Gasteiger partial charge < -0.3 is 15.1 Å². The number of fused-ring (bicyclic) bond motifs is 1. The van der Waals surface area contributed by atoms with Crippen LogP contribution in [0.25, 0.3) is 34.2 Å². The van der Waals surface area contributed by atoms with E-state index >= 15 is 0 Å². The van der Waals surface area contributed by atoms with E-state index in [-0.39, 0.29) is 6.54 Å². The Morgan fingerprint density at radius 2 is 1.70 bits per heavy atom. The van der Waals surface area contributed by atoms with E-state index in [1.165, 1.54) is 0 Å². The lowest BCUT2D eigenvalue weighted by Gasteiger charge is -2.05. The summed E-state index contributed by atoms with van der Waals surface area (Å²) in [6.07, 6.45) is 3.28. The Labute approximate surface area is 186 Å². The van der Waals surface area contributed by atoms with Gasteiger partial charge in [0.15, 0.2) is 11.4 Å². The van der Waals surface area contributed by atoms with Crippen LogP contribution in [0.1, 0.15) is 5.82 Å². The number of anilines is 1. The number of H-pyrrole nitrogens is 1. The lowest BCUT2D eigenvalue weighted by Crippen LogP contribution is -2.35. The Bertz CT molecular complexity index is 1430. The Hall–Kier alpha value is -4.93. The highest BCUT2D eigenvalue weighted by Crippen LogP contribution is 2.25. The fourth-order valence-electron chi connectivity index (χ4n) is 3.02. The molecule has 0 saturated heterocycles. The van der Waals surface area contributed by atoms with Gasteiger partial charge in [0, 0.05) is 24.1 Å². The predicted molar refractivity (Wildman–Crippen MR) is 117 cm³/mol. The number of hydrogen-bond donors (Lipinski definition) is 3. The molecule has 0 spiro atoms. The first-order valence-corrected chi connectivity index (χ1v) is 9.89. The van der Waals surface area contributed by atoms with Crippen LogP contribution in [0.3, 0.4) is 0 Å². The fraction of sp³-hybridized carbons (Fsp3) is 0.0455. The topological polar surface area (TPSA) is 152 Å². The van der Waals surface area contributed by atoms with Crippen LogP contribution >= 0.6 is 0 Å². The van der Waals surface area contributed by atoms with E-state index in [0.717, 1.165) is 0 Å². The average molecular weight is 440 g/mol. The number of amides is 2. The number of nitrogens with zero attached hydrogens (tertiary/aromatic N) is 5. The number of oxazole rings is 1. The number of carbonyl (C=O) groups is 2. The summed E-state index contributed by atoms with van der Waals surface area (Å²) >= 11 is 0. The van der Waals surface area contributed by atoms with Crippen molar-refractivity contribution < 1.29 is 14.0 Å². The monoisotopic (exact) mass is 440 g/mol. The molecule has 33 heavy (non-hydrogen) atoms. The highest BCUT2D eigenvalue weighted by Gasteiger charge is 2.16. The van der Waals surface area contributed by atoms with Gasteiger partial charge in [-0.25, -0.2) is 9.97 Å². The number of nitrogens with one attached hydrogen (secondary N) is 3. The van der Waals surface area contributed by atoms with Crippen molar-refractivity contribution in [2.75, 3.05) is 5.32 Å². The van der Waals surface area contributed by atoms with Gasteiger partial charge in [-0.05, 0) is 36.4 Å². The molecule has 0 atom stereocenters. The van der Waals surface area contributed by atoms with Gasteiger partial charge >= 0.3 is 11.8 Å². The zero-order chi connectivity index (χ0) is 22.6. The second-order valence-electron chi connectivity index (χ2n) is 6.87. The van der Waals surface area contributed by atoms with Crippen LogP contribution in [-0.2, 0) is 16.1 Å². The summed E-state index contributed by atoms with van der Waals surface area (Å²) < 4.78 is 5.73. The smallest absolute Gasteiger partial charge is 0.313 e. The third kappa shape index (κ3) is 4.42. The Kier molecular flexibility index (Phi) is 5.25. The molecule has 0 aliphatic heterocycles. The standard InChI is InChI=1S/C22H16N8O3/c31-20(25-12-18-28-19(30-29-18)15-5-1-3-9-23-15)21(32)26-13-7-8-14-17(11-13)33-22(27-14)16-6-2-4-10-24-16/h1-11H,12H2,(H,25,31)(H,26,32)(H,28,29,30). The number of aromatic nitrogens is 6. The first-order chi connectivity index (χ1) is 16.2. The van der Waals surface area contributed by atoms with Crippen LogP contribution in [0.2, 0.25) is 0 Å². The number of rotatable bonds is 5. The number of pyridine rings is 2. The van der Waals surface area contributed by atoms with E-state index in [9.17, 15) is 9.59 Å². The van der Waals surface area contributed by atoms with Crippen LogP contribution in [0.5, 0.6) is 0 Å². The van der Waals surface area contributed by atoms with Gasteiger partial charge in [0.2, 0.25) is 5.89 Å². The Morgan fingerprint density at radius 1 is 0.909 bits per heavy atom. The van der Waals surface area contributed by atoms with Crippen molar-refractivity contribution in [3.8, 4) is 23.1 Å². The molecule has 2 amide bonds. The molecule has 1 aromatic carbocycles. The van der Waals surface area contributed by atoms with Gasteiger partial charge in [0.25, 0.3) is 0 Å². The molecule has 162 valence electrons. The van der Waals surface area contributed by atoms with Crippen molar-refractivity contribution in [1.82, 2.24) is 35.5 Å². The highest BCUT2D eigenvalue weighted by atomic mass is 16.3. The van der Waals surface area contributed by atoms with Crippen LogP contribution < -0.4 is 10.6 Å². The number of hydrogen-bond acceptors (Lipinski definition) is 8. The van der Waals surface area contributed by atoms with Gasteiger partial charge in [0.1, 0.15) is 22.7 Å². The molecule has 0 fully saturated rings. The lowest BCUT2D eigenvalue weighted by molar-refractivity contribution is -0.136. The lowest BCUT2D eigenvalue weighted by atomic mass is 10.3. The molecular formula is C22H16N8O3. The summed E-state index contributed by atoms with van der Waals surface area (Å²) in [6.45, 7) is 0.000656. The summed E-state index contributed by atoms with van der Waals surface area (Å²) in [4.78, 5) is 41.5. The van der Waals surface area contributed by atoms with Gasteiger partial charge in [0.05, 0.1) is 6.54 Å². The van der Waals surface area contributed by atoms with E-state index in [1.54, 1.807) is 54.9 Å². The molecule has 0 bridgehead atoms. The highest BCUT2D eigenvalue weighted by molar-refractivity contribution is 6.39. The second kappa shape index (κ2) is 8.67. The quantitative estimate of drug-likeness (QED) is 0.352. The molecule has 3 N–H and O–H groups in total. The first kappa shape index (κ1) is 20.0. The molecule has 0 unspecified atom stereocenters. The molecular weight excluding hydrogens is 424 g/mol. The van der Waals surface area contributed by atoms with Gasteiger partial charge in [-0.3, -0.25) is 24.7 Å². The van der Waals surface area contributed by atoms with Gasteiger partial charge in [-0.2, -0.15) is 5.10 Å². The van der Waals surface area contributed by atoms with E-state index in [0.29, 0.717) is 45.7 Å². The molecule has 4 aromatic heterocycles. The molecule has 11 heteroatoms. The Morgan fingerprint density at radius 3 is 2.45 bits per heavy atom. The van der Waals surface area contributed by atoms with Crippen molar-refractivity contribution in [1.29, 1.82) is 0 Å². The fourth-order valence-corrected chi connectivity index (χ4v) is 3.02. The van der Waals surface area contributed by atoms with Crippen LogP contribution in [0, 0.1) is 0 Å². The number of carbonyl (C=O) groups excluding carboxylic acids is 2. The average Bonchev–Trinajstić information content (AvgIpc) is 3.50. The van der Waals surface area contributed by atoms with Crippen molar-refractivity contribution in [3.05, 3.63) is 72.8 Å². The number of aromatic amines is 1. The Balaban J connectivity index is 1.21.